The molecule has 10 heteroatoms. The maximum absolute atomic E-state index is 12.6. The number of amides is 1. The third-order valence-electron chi connectivity index (χ3n) is 5.73. The van der Waals surface area contributed by atoms with Crippen LogP contribution in [0.15, 0.2) is 27.9 Å². The normalized spacial score (nSPS) is 20.1. The van der Waals surface area contributed by atoms with Gasteiger partial charge in [-0.05, 0) is 50.3 Å². The molecular formula is C20H27N3O5S2. The Morgan fingerprint density at radius 1 is 1.20 bits per heavy atom. The van der Waals surface area contributed by atoms with E-state index in [1.165, 1.54) is 12.1 Å². The van der Waals surface area contributed by atoms with E-state index < -0.39 is 10.0 Å². The molecule has 1 N–H and O–H groups in total. The molecule has 3 heterocycles. The minimum absolute atomic E-state index is 0.0680. The molecule has 2 aromatic rings. The first-order chi connectivity index (χ1) is 14.4. The SMILES string of the molecule is O=C(CCn1c(=O)sc2cc(S(=O)(=O)NCC3CCCO3)ccc21)N1CCCCC1. The van der Waals surface area contributed by atoms with Crippen molar-refractivity contribution in [2.75, 3.05) is 26.2 Å². The van der Waals surface area contributed by atoms with Crippen molar-refractivity contribution in [3.05, 3.63) is 27.9 Å². The lowest BCUT2D eigenvalue weighted by Crippen LogP contribution is -2.36. The van der Waals surface area contributed by atoms with E-state index in [1.54, 1.807) is 10.6 Å². The number of aryl methyl sites for hydroxylation is 1. The second-order valence-electron chi connectivity index (χ2n) is 7.83. The van der Waals surface area contributed by atoms with Crippen molar-refractivity contribution in [1.29, 1.82) is 0 Å². The summed E-state index contributed by atoms with van der Waals surface area (Å²) >= 11 is 1.01. The maximum Gasteiger partial charge on any atom is 0.308 e. The molecule has 2 fully saturated rings. The lowest BCUT2D eigenvalue weighted by atomic mass is 10.1. The van der Waals surface area contributed by atoms with Crippen LogP contribution in [0, 0.1) is 0 Å². The number of carbonyl (C=O) groups is 1. The van der Waals surface area contributed by atoms with Crippen LogP contribution in [-0.4, -0.2) is 56.1 Å². The van der Waals surface area contributed by atoms with E-state index in [9.17, 15) is 18.0 Å². The first kappa shape index (κ1) is 21.5. The summed E-state index contributed by atoms with van der Waals surface area (Å²) in [6.45, 7) is 2.80. The van der Waals surface area contributed by atoms with Gasteiger partial charge in [0.05, 0.1) is 21.2 Å². The fourth-order valence-corrected chi connectivity index (χ4v) is 6.15. The summed E-state index contributed by atoms with van der Waals surface area (Å²) < 4.78 is 35.5. The summed E-state index contributed by atoms with van der Waals surface area (Å²) in [4.78, 5) is 26.7. The van der Waals surface area contributed by atoms with E-state index in [-0.39, 0.29) is 34.7 Å². The van der Waals surface area contributed by atoms with Gasteiger partial charge in [-0.2, -0.15) is 0 Å². The molecule has 164 valence electrons. The van der Waals surface area contributed by atoms with E-state index in [2.05, 4.69) is 4.72 Å². The number of fused-ring (bicyclic) bond motifs is 1. The van der Waals surface area contributed by atoms with E-state index >= 15 is 0 Å². The average molecular weight is 454 g/mol. The number of hydrogen-bond donors (Lipinski definition) is 1. The quantitative estimate of drug-likeness (QED) is 0.691. The molecule has 0 radical (unpaired) electrons. The summed E-state index contributed by atoms with van der Waals surface area (Å²) in [6.07, 6.45) is 5.21. The number of nitrogens with zero attached hydrogens (tertiary/aromatic N) is 2. The molecule has 1 aromatic heterocycles. The Morgan fingerprint density at radius 2 is 2.00 bits per heavy atom. The van der Waals surface area contributed by atoms with Gasteiger partial charge in [-0.1, -0.05) is 11.3 Å². The van der Waals surface area contributed by atoms with Crippen LogP contribution in [0.2, 0.25) is 0 Å². The maximum atomic E-state index is 12.6. The summed E-state index contributed by atoms with van der Waals surface area (Å²) in [5, 5.41) is 0. The van der Waals surface area contributed by atoms with Gasteiger partial charge in [-0.25, -0.2) is 13.1 Å². The number of ether oxygens (including phenoxy) is 1. The molecule has 0 aliphatic carbocycles. The highest BCUT2D eigenvalue weighted by atomic mass is 32.2. The molecule has 0 spiro atoms. The van der Waals surface area contributed by atoms with Gasteiger partial charge in [-0.3, -0.25) is 14.2 Å². The number of hydrogen-bond acceptors (Lipinski definition) is 6. The van der Waals surface area contributed by atoms with E-state index in [4.69, 9.17) is 4.74 Å². The third kappa shape index (κ3) is 4.77. The molecule has 0 bridgehead atoms. The first-order valence-electron chi connectivity index (χ1n) is 10.5. The van der Waals surface area contributed by atoms with Crippen molar-refractivity contribution >= 4 is 37.5 Å². The molecule has 2 aliphatic rings. The molecule has 1 unspecified atom stereocenters. The molecule has 8 nitrogen and oxygen atoms in total. The van der Waals surface area contributed by atoms with Crippen molar-refractivity contribution < 1.29 is 17.9 Å². The third-order valence-corrected chi connectivity index (χ3v) is 8.10. The van der Waals surface area contributed by atoms with Gasteiger partial charge in [0.25, 0.3) is 0 Å². The van der Waals surface area contributed by atoms with Gasteiger partial charge in [0.2, 0.25) is 15.9 Å². The highest BCUT2D eigenvalue weighted by molar-refractivity contribution is 7.89. The minimum atomic E-state index is -3.68. The van der Waals surface area contributed by atoms with Crippen LogP contribution in [0.3, 0.4) is 0 Å². The Hall–Kier alpha value is -1.75. The second kappa shape index (κ2) is 9.17. The predicted molar refractivity (Wildman–Crippen MR) is 115 cm³/mol. The zero-order valence-corrected chi connectivity index (χ0v) is 18.5. The molecular weight excluding hydrogens is 426 g/mol. The largest absolute Gasteiger partial charge is 0.377 e. The van der Waals surface area contributed by atoms with Crippen LogP contribution in [0.25, 0.3) is 10.2 Å². The van der Waals surface area contributed by atoms with Gasteiger partial charge in [-0.15, -0.1) is 0 Å². The van der Waals surface area contributed by atoms with Crippen molar-refractivity contribution in [2.45, 2.75) is 56.1 Å². The van der Waals surface area contributed by atoms with Crippen LogP contribution in [0.5, 0.6) is 0 Å². The number of rotatable bonds is 7. The second-order valence-corrected chi connectivity index (χ2v) is 10.6. The molecule has 1 amide bonds. The van der Waals surface area contributed by atoms with E-state index in [1.807, 2.05) is 4.90 Å². The van der Waals surface area contributed by atoms with Crippen LogP contribution in [-0.2, 0) is 26.1 Å². The fraction of sp³-hybridized carbons (Fsp3) is 0.600. The predicted octanol–water partition coefficient (Wildman–Crippen LogP) is 1.92. The number of nitrogens with one attached hydrogen (secondary N) is 1. The number of aromatic nitrogens is 1. The Morgan fingerprint density at radius 3 is 2.73 bits per heavy atom. The van der Waals surface area contributed by atoms with Crippen LogP contribution < -0.4 is 9.60 Å². The Bertz CT molecular complexity index is 1060. The molecule has 4 rings (SSSR count). The van der Waals surface area contributed by atoms with E-state index in [0.717, 1.165) is 56.5 Å². The van der Waals surface area contributed by atoms with Gasteiger partial charge < -0.3 is 9.64 Å². The van der Waals surface area contributed by atoms with Crippen molar-refractivity contribution in [2.24, 2.45) is 0 Å². The average Bonchev–Trinajstić information content (AvgIpc) is 3.38. The summed E-state index contributed by atoms with van der Waals surface area (Å²) in [5.74, 6) is 0.0680. The zero-order valence-electron chi connectivity index (χ0n) is 16.8. The molecule has 2 aliphatic heterocycles. The zero-order chi connectivity index (χ0) is 21.1. The van der Waals surface area contributed by atoms with Gasteiger partial charge in [0.15, 0.2) is 0 Å². The molecule has 1 aromatic carbocycles. The van der Waals surface area contributed by atoms with Gasteiger partial charge in [0, 0.05) is 39.2 Å². The Kier molecular flexibility index (Phi) is 6.57. The summed E-state index contributed by atoms with van der Waals surface area (Å²) in [6, 6.07) is 4.69. The van der Waals surface area contributed by atoms with Crippen molar-refractivity contribution in [3.8, 4) is 0 Å². The Balaban J connectivity index is 1.46. The molecule has 1 atom stereocenters. The first-order valence-corrected chi connectivity index (χ1v) is 12.8. The molecule has 30 heavy (non-hydrogen) atoms. The fourth-order valence-electron chi connectivity index (χ4n) is 4.03. The number of likely N-dealkylation sites (tertiary alicyclic amines) is 1. The smallest absolute Gasteiger partial charge is 0.308 e. The highest BCUT2D eigenvalue weighted by Crippen LogP contribution is 2.23. The van der Waals surface area contributed by atoms with Crippen LogP contribution in [0.4, 0.5) is 0 Å². The topological polar surface area (TPSA) is 97.7 Å². The van der Waals surface area contributed by atoms with Crippen LogP contribution in [0.1, 0.15) is 38.5 Å². The lowest BCUT2D eigenvalue weighted by Gasteiger charge is -2.26. The van der Waals surface area contributed by atoms with Crippen molar-refractivity contribution in [1.82, 2.24) is 14.2 Å². The summed E-state index contributed by atoms with van der Waals surface area (Å²) in [5.41, 5.74) is 0.662. The number of carbonyl (C=O) groups excluding carboxylic acids is 1. The van der Waals surface area contributed by atoms with Gasteiger partial charge >= 0.3 is 4.87 Å². The lowest BCUT2D eigenvalue weighted by molar-refractivity contribution is -0.132. The van der Waals surface area contributed by atoms with Gasteiger partial charge in [0.1, 0.15) is 0 Å². The van der Waals surface area contributed by atoms with Crippen LogP contribution >= 0.6 is 11.3 Å². The number of benzene rings is 1. The standard InChI is InChI=1S/C20H27N3O5S2/c24-19(22-9-2-1-3-10-22)8-11-23-17-7-6-16(13-18(17)29-20(23)25)30(26,27)21-14-15-5-4-12-28-15/h6-7,13,15,21H,1-5,8-12,14H2. The summed E-state index contributed by atoms with van der Waals surface area (Å²) in [7, 11) is -3.68. The van der Waals surface area contributed by atoms with Crippen molar-refractivity contribution in [3.63, 3.8) is 0 Å². The monoisotopic (exact) mass is 453 g/mol. The molecule has 0 saturated carbocycles. The number of thiazole rings is 1. The number of piperidine rings is 1. The highest BCUT2D eigenvalue weighted by Gasteiger charge is 2.22. The number of sulfonamides is 1. The minimum Gasteiger partial charge on any atom is -0.377 e. The Labute approximate surface area is 179 Å². The van der Waals surface area contributed by atoms with E-state index in [0.29, 0.717) is 23.4 Å². The molecule has 2 saturated heterocycles.